The molecule has 0 aliphatic heterocycles. The van der Waals surface area contributed by atoms with Gasteiger partial charge in [0.15, 0.2) is 0 Å². The number of aromatic nitrogens is 1. The van der Waals surface area contributed by atoms with Crippen molar-refractivity contribution in [3.8, 4) is 5.75 Å². The second-order valence-electron chi connectivity index (χ2n) is 5.23. The van der Waals surface area contributed by atoms with Crippen LogP contribution in [0.15, 0.2) is 24.3 Å². The van der Waals surface area contributed by atoms with Gasteiger partial charge in [0.1, 0.15) is 5.75 Å². The first-order valence-corrected chi connectivity index (χ1v) is 7.88. The molecule has 0 saturated heterocycles. The lowest BCUT2D eigenvalue weighted by molar-refractivity contribution is -0.120. The summed E-state index contributed by atoms with van der Waals surface area (Å²) in [6.07, 6.45) is 2.54. The summed E-state index contributed by atoms with van der Waals surface area (Å²) >= 11 is 1.71. The molecule has 1 aliphatic carbocycles. The van der Waals surface area contributed by atoms with Gasteiger partial charge in [-0.15, -0.1) is 11.3 Å². The van der Waals surface area contributed by atoms with Crippen molar-refractivity contribution < 1.29 is 9.53 Å². The van der Waals surface area contributed by atoms with E-state index in [4.69, 9.17) is 4.74 Å². The summed E-state index contributed by atoms with van der Waals surface area (Å²) in [6.45, 7) is 2.02. The molecule has 0 radical (unpaired) electrons. The number of amides is 1. The maximum Gasteiger partial charge on any atom is 0.227 e. The molecule has 1 N–H and O–H groups in total. The molecule has 110 valence electrons. The lowest BCUT2D eigenvalue weighted by Crippen LogP contribution is -2.27. The van der Waals surface area contributed by atoms with Crippen molar-refractivity contribution in [1.29, 1.82) is 0 Å². The lowest BCUT2D eigenvalue weighted by atomic mass is 9.90. The third-order valence-electron chi connectivity index (χ3n) is 3.78. The van der Waals surface area contributed by atoms with Gasteiger partial charge in [0.2, 0.25) is 5.91 Å². The topological polar surface area (TPSA) is 51.2 Å². The number of aryl methyl sites for hydroxylation is 2. The van der Waals surface area contributed by atoms with Crippen LogP contribution in [-0.4, -0.2) is 18.0 Å². The van der Waals surface area contributed by atoms with E-state index in [-0.39, 0.29) is 11.8 Å². The number of benzene rings is 1. The number of para-hydroxylation sites is 2. The van der Waals surface area contributed by atoms with E-state index in [1.54, 1.807) is 18.4 Å². The molecule has 0 bridgehead atoms. The molecule has 21 heavy (non-hydrogen) atoms. The minimum atomic E-state index is 0.0160. The van der Waals surface area contributed by atoms with Crippen LogP contribution in [0.2, 0.25) is 0 Å². The van der Waals surface area contributed by atoms with Crippen LogP contribution in [0.5, 0.6) is 5.75 Å². The third-order valence-corrected chi connectivity index (χ3v) is 4.82. The summed E-state index contributed by atoms with van der Waals surface area (Å²) < 4.78 is 5.27. The Kier molecular flexibility index (Phi) is 3.92. The number of rotatable bonds is 3. The number of anilines is 1. The highest BCUT2D eigenvalue weighted by molar-refractivity contribution is 7.11. The van der Waals surface area contributed by atoms with Crippen LogP contribution < -0.4 is 10.1 Å². The largest absolute Gasteiger partial charge is 0.495 e. The average Bonchev–Trinajstić information content (AvgIpc) is 2.86. The van der Waals surface area contributed by atoms with Crippen LogP contribution in [0, 0.1) is 12.8 Å². The SMILES string of the molecule is COc1ccccc1NC(=O)C1CCc2nc(C)sc2C1. The van der Waals surface area contributed by atoms with E-state index in [2.05, 4.69) is 10.3 Å². The third kappa shape index (κ3) is 2.93. The molecule has 5 heteroatoms. The number of ether oxygens (including phenoxy) is 1. The molecule has 1 aliphatic rings. The summed E-state index contributed by atoms with van der Waals surface area (Å²) in [4.78, 5) is 18.3. The number of nitrogens with zero attached hydrogens (tertiary/aromatic N) is 1. The standard InChI is InChI=1S/C16H18N2O2S/c1-10-17-13-8-7-11(9-15(13)21-10)16(19)18-12-5-3-4-6-14(12)20-2/h3-6,11H,7-9H2,1-2H3,(H,18,19). The van der Waals surface area contributed by atoms with Gasteiger partial charge in [0, 0.05) is 10.8 Å². The van der Waals surface area contributed by atoms with Crippen molar-refractivity contribution in [3.63, 3.8) is 0 Å². The maximum atomic E-state index is 12.5. The Hall–Kier alpha value is -1.88. The molecule has 3 rings (SSSR count). The normalized spacial score (nSPS) is 17.1. The molecule has 1 amide bonds. The number of hydrogen-bond acceptors (Lipinski definition) is 4. The van der Waals surface area contributed by atoms with E-state index in [0.29, 0.717) is 5.75 Å². The van der Waals surface area contributed by atoms with Gasteiger partial charge in [0.05, 0.1) is 23.5 Å². The summed E-state index contributed by atoms with van der Waals surface area (Å²) in [5, 5.41) is 4.08. The molecule has 1 aromatic carbocycles. The van der Waals surface area contributed by atoms with Crippen molar-refractivity contribution in [2.45, 2.75) is 26.2 Å². The zero-order valence-corrected chi connectivity index (χ0v) is 13.0. The fourth-order valence-electron chi connectivity index (χ4n) is 2.71. The number of nitrogens with one attached hydrogen (secondary N) is 1. The van der Waals surface area contributed by atoms with Gasteiger partial charge in [-0.05, 0) is 38.3 Å². The average molecular weight is 302 g/mol. The van der Waals surface area contributed by atoms with Crippen molar-refractivity contribution >= 4 is 22.9 Å². The van der Waals surface area contributed by atoms with Gasteiger partial charge in [-0.1, -0.05) is 12.1 Å². The number of carbonyl (C=O) groups is 1. The number of hydrogen-bond donors (Lipinski definition) is 1. The number of methoxy groups -OCH3 is 1. The number of carbonyl (C=O) groups excluding carboxylic acids is 1. The summed E-state index contributed by atoms with van der Waals surface area (Å²) in [5.41, 5.74) is 1.91. The molecule has 0 fully saturated rings. The number of fused-ring (bicyclic) bond motifs is 1. The molecule has 1 unspecified atom stereocenters. The van der Waals surface area contributed by atoms with E-state index in [1.807, 2.05) is 31.2 Å². The minimum absolute atomic E-state index is 0.0160. The molecule has 0 spiro atoms. The van der Waals surface area contributed by atoms with Crippen LogP contribution in [0.1, 0.15) is 22.0 Å². The highest BCUT2D eigenvalue weighted by atomic mass is 32.1. The van der Waals surface area contributed by atoms with Gasteiger partial charge in [-0.2, -0.15) is 0 Å². The Labute approximate surface area is 128 Å². The molecular formula is C16H18N2O2S. The summed E-state index contributed by atoms with van der Waals surface area (Å²) in [6, 6.07) is 7.49. The fraction of sp³-hybridized carbons (Fsp3) is 0.375. The van der Waals surface area contributed by atoms with Crippen molar-refractivity contribution in [2.75, 3.05) is 12.4 Å². The zero-order valence-electron chi connectivity index (χ0n) is 12.2. The van der Waals surface area contributed by atoms with Crippen molar-refractivity contribution in [1.82, 2.24) is 4.98 Å². The van der Waals surface area contributed by atoms with Gasteiger partial charge >= 0.3 is 0 Å². The molecule has 0 saturated carbocycles. The van der Waals surface area contributed by atoms with Gasteiger partial charge in [-0.3, -0.25) is 4.79 Å². The summed E-state index contributed by atoms with van der Waals surface area (Å²) in [5.74, 6) is 0.773. The molecule has 1 atom stereocenters. The maximum absolute atomic E-state index is 12.5. The zero-order chi connectivity index (χ0) is 14.8. The number of thiazole rings is 1. The predicted molar refractivity (Wildman–Crippen MR) is 84.0 cm³/mol. The Bertz CT molecular complexity index is 666. The second kappa shape index (κ2) is 5.85. The van der Waals surface area contributed by atoms with Gasteiger partial charge < -0.3 is 10.1 Å². The highest BCUT2D eigenvalue weighted by Gasteiger charge is 2.27. The molecular weight excluding hydrogens is 284 g/mol. The minimum Gasteiger partial charge on any atom is -0.495 e. The van der Waals surface area contributed by atoms with Crippen molar-refractivity contribution in [2.24, 2.45) is 5.92 Å². The molecule has 1 aromatic heterocycles. The van der Waals surface area contributed by atoms with E-state index in [9.17, 15) is 4.79 Å². The van der Waals surface area contributed by atoms with Crippen LogP contribution >= 0.6 is 11.3 Å². The molecule has 2 aromatic rings. The van der Waals surface area contributed by atoms with Crippen LogP contribution in [0.3, 0.4) is 0 Å². The Morgan fingerprint density at radius 3 is 3.05 bits per heavy atom. The highest BCUT2D eigenvalue weighted by Crippen LogP contribution is 2.31. The van der Waals surface area contributed by atoms with E-state index in [0.717, 1.165) is 30.0 Å². The quantitative estimate of drug-likeness (QED) is 0.947. The Balaban J connectivity index is 1.72. The predicted octanol–water partition coefficient (Wildman–Crippen LogP) is 3.20. The van der Waals surface area contributed by atoms with E-state index >= 15 is 0 Å². The second-order valence-corrected chi connectivity index (χ2v) is 6.52. The van der Waals surface area contributed by atoms with Gasteiger partial charge in [0.25, 0.3) is 0 Å². The molecule has 1 heterocycles. The van der Waals surface area contributed by atoms with Crippen molar-refractivity contribution in [3.05, 3.63) is 39.8 Å². The monoisotopic (exact) mass is 302 g/mol. The first-order valence-electron chi connectivity index (χ1n) is 7.06. The lowest BCUT2D eigenvalue weighted by Gasteiger charge is -2.21. The fourth-order valence-corrected chi connectivity index (χ4v) is 3.77. The van der Waals surface area contributed by atoms with Gasteiger partial charge in [-0.25, -0.2) is 4.98 Å². The van der Waals surface area contributed by atoms with E-state index in [1.165, 1.54) is 10.6 Å². The summed E-state index contributed by atoms with van der Waals surface area (Å²) in [7, 11) is 1.61. The van der Waals surface area contributed by atoms with E-state index < -0.39 is 0 Å². The van der Waals surface area contributed by atoms with Crippen LogP contribution in [0.25, 0.3) is 0 Å². The van der Waals surface area contributed by atoms with Crippen LogP contribution in [-0.2, 0) is 17.6 Å². The Morgan fingerprint density at radius 1 is 1.43 bits per heavy atom. The first kappa shape index (κ1) is 14.1. The first-order chi connectivity index (χ1) is 10.2. The molecule has 4 nitrogen and oxygen atoms in total. The smallest absolute Gasteiger partial charge is 0.227 e. The van der Waals surface area contributed by atoms with Crippen LogP contribution in [0.4, 0.5) is 5.69 Å². The Morgan fingerprint density at radius 2 is 2.24 bits per heavy atom.